The lowest BCUT2D eigenvalue weighted by Crippen LogP contribution is -2.30. The van der Waals surface area contributed by atoms with Crippen molar-refractivity contribution in [3.8, 4) is 0 Å². The van der Waals surface area contributed by atoms with Gasteiger partial charge in [-0.2, -0.15) is 0 Å². The minimum Gasteiger partial charge on any atom is -0.476 e. The highest BCUT2D eigenvalue weighted by Gasteiger charge is 2.19. The number of hydrogen-bond donors (Lipinski definition) is 2. The molecule has 8 heteroatoms. The first-order chi connectivity index (χ1) is 11.5. The van der Waals surface area contributed by atoms with Crippen LogP contribution in [-0.4, -0.2) is 32.0 Å². The third-order valence-electron chi connectivity index (χ3n) is 3.71. The predicted molar refractivity (Wildman–Crippen MR) is 84.5 cm³/mol. The molecule has 0 saturated carbocycles. The number of nitrogens with zero attached hydrogens (tertiary/aromatic N) is 3. The molecule has 2 heterocycles. The summed E-state index contributed by atoms with van der Waals surface area (Å²) >= 11 is 0. The highest BCUT2D eigenvalue weighted by atomic mass is 16.4. The van der Waals surface area contributed by atoms with Crippen LogP contribution < -0.4 is 5.32 Å². The van der Waals surface area contributed by atoms with Crippen molar-refractivity contribution in [3.05, 3.63) is 47.5 Å². The summed E-state index contributed by atoms with van der Waals surface area (Å²) in [6.07, 6.45) is 1.21. The number of carbonyl (C=O) groups is 2. The van der Waals surface area contributed by atoms with Crippen LogP contribution in [0.25, 0.3) is 11.0 Å². The lowest BCUT2D eigenvalue weighted by Gasteiger charge is -2.12. The number of hydrogen-bond acceptors (Lipinski definition) is 5. The van der Waals surface area contributed by atoms with E-state index in [1.807, 2.05) is 38.1 Å². The lowest BCUT2D eigenvalue weighted by molar-refractivity contribution is -0.122. The van der Waals surface area contributed by atoms with Crippen LogP contribution in [0.1, 0.15) is 34.8 Å². The molecule has 0 fully saturated rings. The van der Waals surface area contributed by atoms with Crippen LogP contribution in [0.2, 0.25) is 0 Å². The number of carbonyl (C=O) groups excluding carboxylic acids is 1. The first kappa shape index (κ1) is 15.7. The first-order valence-corrected chi connectivity index (χ1v) is 7.36. The van der Waals surface area contributed by atoms with Gasteiger partial charge in [0, 0.05) is 10.9 Å². The third-order valence-corrected chi connectivity index (χ3v) is 3.71. The standard InChI is InChI=1S/C16H16N4O4/c1-9-11-5-3-4-6-13(11)24-15(9)10(2)17-14(21)8-20-7-12(16(22)23)18-19-20/h3-7,10H,8H2,1-2H3,(H,17,21)(H,22,23). The number of rotatable bonds is 5. The molecule has 1 unspecified atom stereocenters. The molecule has 1 amide bonds. The number of aryl methyl sites for hydroxylation is 1. The zero-order valence-corrected chi connectivity index (χ0v) is 13.2. The van der Waals surface area contributed by atoms with E-state index in [0.717, 1.165) is 16.5 Å². The SMILES string of the molecule is Cc1c(C(C)NC(=O)Cn2cc(C(=O)O)nn2)oc2ccccc12. The topological polar surface area (TPSA) is 110 Å². The van der Waals surface area contributed by atoms with E-state index in [0.29, 0.717) is 5.76 Å². The van der Waals surface area contributed by atoms with Gasteiger partial charge in [-0.05, 0) is 19.9 Å². The minimum atomic E-state index is -1.19. The Balaban J connectivity index is 1.70. The third kappa shape index (κ3) is 2.98. The number of amides is 1. The highest BCUT2D eigenvalue weighted by Crippen LogP contribution is 2.29. The molecule has 8 nitrogen and oxygen atoms in total. The molecule has 0 radical (unpaired) electrons. The van der Waals surface area contributed by atoms with Crippen LogP contribution in [0.15, 0.2) is 34.9 Å². The van der Waals surface area contributed by atoms with Crippen LogP contribution >= 0.6 is 0 Å². The van der Waals surface area contributed by atoms with Crippen LogP contribution in [0.5, 0.6) is 0 Å². The van der Waals surface area contributed by atoms with Crippen molar-refractivity contribution in [2.24, 2.45) is 0 Å². The number of fused-ring (bicyclic) bond motifs is 1. The van der Waals surface area contributed by atoms with Crippen LogP contribution in [0, 0.1) is 6.92 Å². The highest BCUT2D eigenvalue weighted by molar-refractivity contribution is 5.85. The van der Waals surface area contributed by atoms with Gasteiger partial charge in [-0.3, -0.25) is 4.79 Å². The average molecular weight is 328 g/mol. The van der Waals surface area contributed by atoms with Crippen molar-refractivity contribution in [3.63, 3.8) is 0 Å². The summed E-state index contributed by atoms with van der Waals surface area (Å²) < 4.78 is 7.00. The quantitative estimate of drug-likeness (QED) is 0.740. The van der Waals surface area contributed by atoms with Crippen molar-refractivity contribution >= 4 is 22.8 Å². The van der Waals surface area contributed by atoms with Crippen molar-refractivity contribution < 1.29 is 19.1 Å². The number of carboxylic acid groups (broad SMARTS) is 1. The van der Waals surface area contributed by atoms with Gasteiger partial charge >= 0.3 is 5.97 Å². The fraction of sp³-hybridized carbons (Fsp3) is 0.250. The maximum Gasteiger partial charge on any atom is 0.358 e. The van der Waals surface area contributed by atoms with Crippen LogP contribution in [0.4, 0.5) is 0 Å². The molecule has 0 saturated heterocycles. The van der Waals surface area contributed by atoms with Gasteiger partial charge in [0.15, 0.2) is 5.69 Å². The molecule has 3 aromatic rings. The minimum absolute atomic E-state index is 0.121. The van der Waals surface area contributed by atoms with E-state index in [4.69, 9.17) is 9.52 Å². The molecular formula is C16H16N4O4. The largest absolute Gasteiger partial charge is 0.476 e. The Morgan fingerprint density at radius 3 is 2.79 bits per heavy atom. The molecule has 0 aliphatic carbocycles. The molecule has 0 aliphatic rings. The zero-order valence-electron chi connectivity index (χ0n) is 13.2. The summed E-state index contributed by atoms with van der Waals surface area (Å²) in [5, 5.41) is 19.7. The fourth-order valence-corrected chi connectivity index (χ4v) is 2.58. The second-order valence-electron chi connectivity index (χ2n) is 5.48. The molecular weight excluding hydrogens is 312 g/mol. The van der Waals surface area contributed by atoms with Crippen molar-refractivity contribution in [2.75, 3.05) is 0 Å². The summed E-state index contributed by atoms with van der Waals surface area (Å²) in [6, 6.07) is 7.34. The molecule has 0 aliphatic heterocycles. The maximum absolute atomic E-state index is 12.1. The monoisotopic (exact) mass is 328 g/mol. The smallest absolute Gasteiger partial charge is 0.358 e. The van der Waals surface area contributed by atoms with Gasteiger partial charge < -0.3 is 14.8 Å². The molecule has 1 aromatic carbocycles. The Kier molecular flexibility index (Phi) is 4.03. The summed E-state index contributed by atoms with van der Waals surface area (Å²) in [6.45, 7) is 3.65. The molecule has 2 N–H and O–H groups in total. The fourth-order valence-electron chi connectivity index (χ4n) is 2.58. The normalized spacial score (nSPS) is 12.2. The van der Waals surface area contributed by atoms with Gasteiger partial charge in [0.2, 0.25) is 5.91 Å². The second-order valence-corrected chi connectivity index (χ2v) is 5.48. The number of nitrogens with one attached hydrogen (secondary N) is 1. The maximum atomic E-state index is 12.1. The van der Waals surface area contributed by atoms with Gasteiger partial charge in [-0.25, -0.2) is 9.48 Å². The molecule has 24 heavy (non-hydrogen) atoms. The average Bonchev–Trinajstić information content (AvgIpc) is 3.13. The Hall–Kier alpha value is -3.16. The van der Waals surface area contributed by atoms with E-state index < -0.39 is 5.97 Å². The predicted octanol–water partition coefficient (Wildman–Crippen LogP) is 1.91. The number of aromatic nitrogens is 3. The Bertz CT molecular complexity index is 912. The van der Waals surface area contributed by atoms with Crippen LogP contribution in [0.3, 0.4) is 0 Å². The summed E-state index contributed by atoms with van der Waals surface area (Å²) in [7, 11) is 0. The van der Waals surface area contributed by atoms with Crippen molar-refractivity contribution in [2.45, 2.75) is 26.4 Å². The second kappa shape index (κ2) is 6.15. The Morgan fingerprint density at radius 1 is 1.38 bits per heavy atom. The van der Waals surface area contributed by atoms with Gasteiger partial charge in [0.05, 0.1) is 12.2 Å². The Labute approximate surface area is 137 Å². The van der Waals surface area contributed by atoms with E-state index in [-0.39, 0.29) is 24.2 Å². The van der Waals surface area contributed by atoms with Gasteiger partial charge in [-0.1, -0.05) is 23.4 Å². The zero-order chi connectivity index (χ0) is 17.3. The van der Waals surface area contributed by atoms with Crippen molar-refractivity contribution in [1.82, 2.24) is 20.3 Å². The summed E-state index contributed by atoms with van der Waals surface area (Å²) in [5.41, 5.74) is 1.55. The number of benzene rings is 1. The van der Waals surface area contributed by atoms with Crippen LogP contribution in [-0.2, 0) is 11.3 Å². The Morgan fingerprint density at radius 2 is 2.12 bits per heavy atom. The molecule has 2 aromatic heterocycles. The van der Waals surface area contributed by atoms with E-state index in [9.17, 15) is 9.59 Å². The van der Waals surface area contributed by atoms with E-state index >= 15 is 0 Å². The van der Waals surface area contributed by atoms with E-state index in [1.54, 1.807) is 0 Å². The number of aromatic carboxylic acids is 1. The van der Waals surface area contributed by atoms with Gasteiger partial charge in [-0.15, -0.1) is 5.10 Å². The summed E-state index contributed by atoms with van der Waals surface area (Å²) in [4.78, 5) is 22.9. The molecule has 1 atom stereocenters. The number of para-hydroxylation sites is 1. The van der Waals surface area contributed by atoms with E-state index in [1.165, 1.54) is 10.9 Å². The van der Waals surface area contributed by atoms with Gasteiger partial charge in [0.1, 0.15) is 17.9 Å². The molecule has 0 spiro atoms. The lowest BCUT2D eigenvalue weighted by atomic mass is 10.1. The molecule has 3 rings (SSSR count). The summed E-state index contributed by atoms with van der Waals surface area (Å²) in [5.74, 6) is -0.813. The van der Waals surface area contributed by atoms with Gasteiger partial charge in [0.25, 0.3) is 0 Å². The number of carboxylic acids is 1. The number of furan rings is 1. The molecule has 124 valence electrons. The first-order valence-electron chi connectivity index (χ1n) is 7.36. The van der Waals surface area contributed by atoms with Crippen molar-refractivity contribution in [1.29, 1.82) is 0 Å². The molecule has 0 bridgehead atoms. The van der Waals surface area contributed by atoms with E-state index in [2.05, 4.69) is 15.6 Å².